The van der Waals surface area contributed by atoms with Crippen molar-refractivity contribution in [3.05, 3.63) is 12.7 Å². The van der Waals surface area contributed by atoms with Crippen LogP contribution in [0.25, 0.3) is 0 Å². The minimum Gasteiger partial charge on any atom is -0.413 e. The van der Waals surface area contributed by atoms with Gasteiger partial charge in [0.15, 0.2) is 16.6 Å². The van der Waals surface area contributed by atoms with Gasteiger partial charge in [0.05, 0.1) is 12.2 Å². The molecule has 0 heterocycles. The summed E-state index contributed by atoms with van der Waals surface area (Å²) in [5.41, 5.74) is 0. The van der Waals surface area contributed by atoms with Crippen molar-refractivity contribution in [1.82, 2.24) is 0 Å². The van der Waals surface area contributed by atoms with Crippen LogP contribution in [0.1, 0.15) is 54.4 Å². The highest BCUT2D eigenvalue weighted by molar-refractivity contribution is 6.74. The van der Waals surface area contributed by atoms with Crippen molar-refractivity contribution in [2.24, 2.45) is 5.92 Å². The van der Waals surface area contributed by atoms with E-state index in [2.05, 4.69) is 80.2 Å². The quantitative estimate of drug-likeness (QED) is 0.187. The first-order valence-corrected chi connectivity index (χ1v) is 15.7. The molecule has 0 spiro atoms. The largest absolute Gasteiger partial charge is 0.413 e. The molecule has 5 heteroatoms. The van der Waals surface area contributed by atoms with Gasteiger partial charge in [-0.05, 0) is 36.3 Å². The molecule has 3 nitrogen and oxygen atoms in total. The van der Waals surface area contributed by atoms with Gasteiger partial charge >= 0.3 is 0 Å². The molecule has 0 N–H and O–H groups in total. The molecule has 0 aliphatic heterocycles. The van der Waals surface area contributed by atoms with Crippen molar-refractivity contribution in [2.75, 3.05) is 0 Å². The topological polar surface area (TPSA) is 35.5 Å². The number of terminal acetylenes is 1. The fourth-order valence-electron chi connectivity index (χ4n) is 2.39. The lowest BCUT2D eigenvalue weighted by Crippen LogP contribution is -2.50. The van der Waals surface area contributed by atoms with E-state index in [1.54, 1.807) is 0 Å². The van der Waals surface area contributed by atoms with Crippen LogP contribution in [-0.2, 0) is 13.6 Å². The molecule has 0 aliphatic rings. The Morgan fingerprint density at radius 2 is 1.44 bits per heavy atom. The van der Waals surface area contributed by atoms with Crippen LogP contribution in [-0.4, -0.2) is 35.1 Å². The van der Waals surface area contributed by atoms with Crippen LogP contribution in [0.4, 0.5) is 0 Å². The number of carbonyl (C=O) groups is 1. The van der Waals surface area contributed by atoms with Crippen LogP contribution in [0.3, 0.4) is 0 Å². The summed E-state index contributed by atoms with van der Waals surface area (Å²) in [6, 6.07) is 0. The summed E-state index contributed by atoms with van der Waals surface area (Å²) < 4.78 is 13.3. The van der Waals surface area contributed by atoms with E-state index >= 15 is 0 Å². The van der Waals surface area contributed by atoms with E-state index in [0.29, 0.717) is 12.8 Å². The van der Waals surface area contributed by atoms with Gasteiger partial charge in [-0.15, -0.1) is 18.9 Å². The highest BCUT2D eigenvalue weighted by Crippen LogP contribution is 2.41. The first kappa shape index (κ1) is 26.3. The lowest BCUT2D eigenvalue weighted by molar-refractivity contribution is -0.110. The molecule has 3 atom stereocenters. The Morgan fingerprint density at radius 3 is 1.78 bits per heavy atom. The Kier molecular flexibility index (Phi) is 9.45. The molecule has 0 amide bonds. The van der Waals surface area contributed by atoms with Crippen LogP contribution in [0.2, 0.25) is 36.3 Å². The fourth-order valence-corrected chi connectivity index (χ4v) is 5.06. The van der Waals surface area contributed by atoms with Crippen LogP contribution in [0.5, 0.6) is 0 Å². The monoisotopic (exact) mass is 410 g/mol. The van der Waals surface area contributed by atoms with Gasteiger partial charge in [0.2, 0.25) is 0 Å². The maximum absolute atomic E-state index is 11.5. The van der Waals surface area contributed by atoms with Gasteiger partial charge in [-0.3, -0.25) is 0 Å². The second kappa shape index (κ2) is 9.69. The van der Waals surface area contributed by atoms with Crippen LogP contribution in [0, 0.1) is 18.3 Å². The maximum atomic E-state index is 11.5. The third-order valence-electron chi connectivity index (χ3n) is 6.31. The molecule has 0 saturated heterocycles. The van der Waals surface area contributed by atoms with Crippen LogP contribution < -0.4 is 0 Å². The highest BCUT2D eigenvalue weighted by atomic mass is 28.4. The van der Waals surface area contributed by atoms with E-state index in [9.17, 15) is 4.79 Å². The molecule has 0 radical (unpaired) electrons. The molecule has 0 aromatic carbocycles. The Bertz CT molecular complexity index is 533. The van der Waals surface area contributed by atoms with E-state index in [4.69, 9.17) is 15.3 Å². The zero-order chi connectivity index (χ0) is 21.7. The van der Waals surface area contributed by atoms with Gasteiger partial charge in [0.25, 0.3) is 0 Å². The summed E-state index contributed by atoms with van der Waals surface area (Å²) in [7, 11) is -4.07. The third kappa shape index (κ3) is 7.34. The SMILES string of the molecule is C#CC[C@@H](O[Si](C)(C)C(C)(C)C)[C@@H](CC=O)[C@H](C=C)O[Si](C)(C)C(C)(C)C. The minimum absolute atomic E-state index is 0.0650. The van der Waals surface area contributed by atoms with Gasteiger partial charge in [-0.25, -0.2) is 0 Å². The molecule has 27 heavy (non-hydrogen) atoms. The summed E-state index contributed by atoms with van der Waals surface area (Å²) in [5.74, 6) is 2.63. The van der Waals surface area contributed by atoms with Crippen molar-refractivity contribution >= 4 is 22.9 Å². The summed E-state index contributed by atoms with van der Waals surface area (Å²) >= 11 is 0. The number of rotatable bonds is 10. The summed E-state index contributed by atoms with van der Waals surface area (Å²) in [6.07, 6.45) is 8.81. The summed E-state index contributed by atoms with van der Waals surface area (Å²) in [6.45, 7) is 26.1. The maximum Gasteiger partial charge on any atom is 0.192 e. The first-order chi connectivity index (χ1) is 12.0. The van der Waals surface area contributed by atoms with E-state index in [0.717, 1.165) is 6.29 Å². The molecule has 0 aromatic heterocycles. The second-order valence-corrected chi connectivity index (χ2v) is 20.0. The zero-order valence-corrected chi connectivity index (χ0v) is 21.3. The van der Waals surface area contributed by atoms with E-state index < -0.39 is 16.6 Å². The van der Waals surface area contributed by atoms with Gasteiger partial charge in [0.1, 0.15) is 6.29 Å². The molecule has 0 bridgehead atoms. The number of carbonyl (C=O) groups excluding carboxylic acids is 1. The molecule has 0 aliphatic carbocycles. The second-order valence-electron chi connectivity index (χ2n) is 10.5. The molecule has 0 saturated carbocycles. The fraction of sp³-hybridized carbons (Fsp3) is 0.773. The van der Waals surface area contributed by atoms with Crippen molar-refractivity contribution in [3.8, 4) is 12.3 Å². The molecule has 0 aromatic rings. The van der Waals surface area contributed by atoms with Crippen LogP contribution in [0.15, 0.2) is 12.7 Å². The lowest BCUT2D eigenvalue weighted by Gasteiger charge is -2.44. The Labute approximate surface area is 170 Å². The predicted octanol–water partition coefficient (Wildman–Crippen LogP) is 6.18. The van der Waals surface area contributed by atoms with E-state index in [1.807, 2.05) is 6.08 Å². The van der Waals surface area contributed by atoms with Crippen molar-refractivity contribution < 1.29 is 13.6 Å². The molecular weight excluding hydrogens is 368 g/mol. The predicted molar refractivity (Wildman–Crippen MR) is 122 cm³/mol. The average Bonchev–Trinajstić information content (AvgIpc) is 2.47. The van der Waals surface area contributed by atoms with Crippen molar-refractivity contribution in [3.63, 3.8) is 0 Å². The Hall–Kier alpha value is -0.676. The first-order valence-electron chi connectivity index (χ1n) is 9.89. The zero-order valence-electron chi connectivity index (χ0n) is 19.3. The van der Waals surface area contributed by atoms with Gasteiger partial charge in [0, 0.05) is 18.8 Å². The molecule has 156 valence electrons. The van der Waals surface area contributed by atoms with E-state index in [1.165, 1.54) is 0 Å². The van der Waals surface area contributed by atoms with E-state index in [-0.39, 0.29) is 28.2 Å². The Morgan fingerprint density at radius 1 is 1.00 bits per heavy atom. The molecule has 0 unspecified atom stereocenters. The highest BCUT2D eigenvalue weighted by Gasteiger charge is 2.44. The third-order valence-corrected chi connectivity index (χ3v) is 15.3. The number of hydrogen-bond acceptors (Lipinski definition) is 3. The summed E-state index contributed by atoms with van der Waals surface area (Å²) in [5, 5.41) is 0.136. The lowest BCUT2D eigenvalue weighted by atomic mass is 9.91. The summed E-state index contributed by atoms with van der Waals surface area (Å²) in [4.78, 5) is 11.5. The average molecular weight is 411 g/mol. The minimum atomic E-state index is -2.04. The van der Waals surface area contributed by atoms with Gasteiger partial charge in [-0.2, -0.15) is 0 Å². The molecular formula is C22H42O3Si2. The van der Waals surface area contributed by atoms with Gasteiger partial charge in [-0.1, -0.05) is 47.6 Å². The molecule has 0 rings (SSSR count). The molecule has 0 fully saturated rings. The van der Waals surface area contributed by atoms with Crippen LogP contribution >= 0.6 is 0 Å². The Balaban J connectivity index is 5.85. The number of hydrogen-bond donors (Lipinski definition) is 0. The van der Waals surface area contributed by atoms with Gasteiger partial charge < -0.3 is 13.6 Å². The standard InChI is InChI=1S/C22H42O3Si2/c1-13-15-20(25-27(11,12)22(6,7)8)18(16-17-23)19(14-2)24-26(9,10)21(3,4)5/h1,14,17-20H,2,15-16H2,3-12H3/t18-,19-,20+/m0/s1. The van der Waals surface area contributed by atoms with Crippen molar-refractivity contribution in [2.45, 2.75) is 103 Å². The van der Waals surface area contributed by atoms with Crippen molar-refractivity contribution in [1.29, 1.82) is 0 Å². The smallest absolute Gasteiger partial charge is 0.192 e. The normalized spacial score (nSPS) is 16.9. The number of aldehydes is 1.